The highest BCUT2D eigenvalue weighted by Crippen LogP contribution is 2.44. The molecule has 1 heterocycles. The minimum Gasteiger partial charge on any atom is -0.503 e. The summed E-state index contributed by atoms with van der Waals surface area (Å²) >= 11 is 7.25. The summed E-state index contributed by atoms with van der Waals surface area (Å²) in [5.74, 6) is -0.459. The summed E-state index contributed by atoms with van der Waals surface area (Å²) in [5, 5.41) is 18.8. The molecule has 0 spiro atoms. The molecule has 0 aliphatic carbocycles. The Hall–Kier alpha value is -0.400. The van der Waals surface area contributed by atoms with Gasteiger partial charge in [0.05, 0.1) is 20.7 Å². The number of rotatable bonds is 0. The molecule has 0 aliphatic rings. The van der Waals surface area contributed by atoms with Gasteiger partial charge in [-0.15, -0.1) is 0 Å². The lowest BCUT2D eigenvalue weighted by Gasteiger charge is -2.02. The first-order chi connectivity index (χ1) is 6.13. The molecule has 1 aromatic carbocycles. The van der Waals surface area contributed by atoms with E-state index in [0.717, 1.165) is 11.7 Å². The van der Waals surface area contributed by atoms with Gasteiger partial charge in [0.1, 0.15) is 11.0 Å². The van der Waals surface area contributed by atoms with Crippen LogP contribution in [0.5, 0.6) is 11.5 Å². The molecule has 0 unspecified atom stereocenters. The average molecular weight is 326 g/mol. The van der Waals surface area contributed by atoms with Crippen LogP contribution in [-0.2, 0) is 0 Å². The normalized spacial score (nSPS) is 10.9. The molecule has 0 fully saturated rings. The number of fused-ring (bicyclic) bond motifs is 1. The standard InChI is InChI=1S/C6H2Br2N2O2S/c7-1-3-4(10-13-9-3)2(8)6(12)5(1)11/h11-12H. The van der Waals surface area contributed by atoms with Gasteiger partial charge in [-0.05, 0) is 31.9 Å². The predicted octanol–water partition coefficient (Wildman–Crippen LogP) is 2.63. The van der Waals surface area contributed by atoms with Crippen LogP contribution in [-0.4, -0.2) is 19.0 Å². The lowest BCUT2D eigenvalue weighted by Crippen LogP contribution is -1.79. The van der Waals surface area contributed by atoms with Gasteiger partial charge in [-0.1, -0.05) is 0 Å². The lowest BCUT2D eigenvalue weighted by atomic mass is 10.3. The Labute approximate surface area is 93.8 Å². The maximum atomic E-state index is 9.41. The third-order valence-corrected chi connectivity index (χ3v) is 3.58. The summed E-state index contributed by atoms with van der Waals surface area (Å²) in [4.78, 5) is 0. The summed E-state index contributed by atoms with van der Waals surface area (Å²) < 4.78 is 8.64. The van der Waals surface area contributed by atoms with Gasteiger partial charge >= 0.3 is 0 Å². The van der Waals surface area contributed by atoms with Crippen LogP contribution in [0.1, 0.15) is 0 Å². The minimum atomic E-state index is -0.230. The fraction of sp³-hybridized carbons (Fsp3) is 0. The fourth-order valence-electron chi connectivity index (χ4n) is 0.909. The largest absolute Gasteiger partial charge is 0.503 e. The van der Waals surface area contributed by atoms with Crippen LogP contribution >= 0.6 is 43.6 Å². The van der Waals surface area contributed by atoms with Crippen LogP contribution in [0.15, 0.2) is 8.95 Å². The van der Waals surface area contributed by atoms with Crippen molar-refractivity contribution in [3.63, 3.8) is 0 Å². The van der Waals surface area contributed by atoms with E-state index >= 15 is 0 Å². The molecular weight excluding hydrogens is 324 g/mol. The molecule has 0 atom stereocenters. The van der Waals surface area contributed by atoms with Crippen LogP contribution < -0.4 is 0 Å². The van der Waals surface area contributed by atoms with Crippen molar-refractivity contribution in [3.8, 4) is 11.5 Å². The van der Waals surface area contributed by atoms with Crippen molar-refractivity contribution in [1.29, 1.82) is 0 Å². The van der Waals surface area contributed by atoms with Crippen molar-refractivity contribution in [1.82, 2.24) is 8.75 Å². The van der Waals surface area contributed by atoms with Gasteiger partial charge in [-0.3, -0.25) is 0 Å². The second-order valence-corrected chi connectivity index (χ2v) is 4.40. The first-order valence-electron chi connectivity index (χ1n) is 3.14. The molecule has 0 bridgehead atoms. The van der Waals surface area contributed by atoms with E-state index in [0.29, 0.717) is 20.0 Å². The number of hydrogen-bond donors (Lipinski definition) is 2. The number of aromatic nitrogens is 2. The van der Waals surface area contributed by atoms with E-state index in [-0.39, 0.29) is 11.5 Å². The highest BCUT2D eigenvalue weighted by atomic mass is 79.9. The zero-order chi connectivity index (χ0) is 9.59. The Morgan fingerprint density at radius 2 is 1.31 bits per heavy atom. The maximum absolute atomic E-state index is 9.41. The number of nitrogens with zero attached hydrogens (tertiary/aromatic N) is 2. The van der Waals surface area contributed by atoms with Crippen LogP contribution in [0.25, 0.3) is 11.0 Å². The summed E-state index contributed by atoms with van der Waals surface area (Å²) in [6.07, 6.45) is 0. The average Bonchev–Trinajstić information content (AvgIpc) is 2.59. The third kappa shape index (κ3) is 1.22. The van der Waals surface area contributed by atoms with Crippen LogP contribution in [0.3, 0.4) is 0 Å². The van der Waals surface area contributed by atoms with Gasteiger partial charge in [0, 0.05) is 0 Å². The Kier molecular flexibility index (Phi) is 2.17. The van der Waals surface area contributed by atoms with Crippen molar-refractivity contribution in [2.45, 2.75) is 0 Å². The minimum absolute atomic E-state index is 0.230. The molecule has 2 aromatic rings. The Morgan fingerprint density at radius 1 is 0.923 bits per heavy atom. The third-order valence-electron chi connectivity index (χ3n) is 1.54. The van der Waals surface area contributed by atoms with E-state index in [1.165, 1.54) is 0 Å². The number of halogens is 2. The van der Waals surface area contributed by atoms with E-state index in [4.69, 9.17) is 0 Å². The lowest BCUT2D eigenvalue weighted by molar-refractivity contribution is 0.400. The summed E-state index contributed by atoms with van der Waals surface area (Å²) in [5.41, 5.74) is 1.07. The maximum Gasteiger partial charge on any atom is 0.175 e. The highest BCUT2D eigenvalue weighted by Gasteiger charge is 2.18. The Morgan fingerprint density at radius 3 is 1.69 bits per heavy atom. The topological polar surface area (TPSA) is 66.2 Å². The van der Waals surface area contributed by atoms with E-state index in [2.05, 4.69) is 40.6 Å². The number of aromatic hydroxyl groups is 2. The van der Waals surface area contributed by atoms with Gasteiger partial charge in [-0.2, -0.15) is 8.75 Å². The molecule has 1 aromatic heterocycles. The Balaban J connectivity index is 3.02. The molecule has 68 valence electrons. The zero-order valence-corrected chi connectivity index (χ0v) is 9.94. The van der Waals surface area contributed by atoms with Gasteiger partial charge in [-0.25, -0.2) is 0 Å². The number of benzene rings is 1. The SMILES string of the molecule is Oc1c(O)c(Br)c2nsnc2c1Br. The zero-order valence-electron chi connectivity index (χ0n) is 5.95. The van der Waals surface area contributed by atoms with Crippen molar-refractivity contribution in [2.24, 2.45) is 0 Å². The van der Waals surface area contributed by atoms with Crippen LogP contribution in [0.4, 0.5) is 0 Å². The van der Waals surface area contributed by atoms with Crippen LogP contribution in [0.2, 0.25) is 0 Å². The molecule has 0 aliphatic heterocycles. The molecule has 0 saturated heterocycles. The monoisotopic (exact) mass is 324 g/mol. The second kappa shape index (κ2) is 3.07. The van der Waals surface area contributed by atoms with E-state index < -0.39 is 0 Å². The first-order valence-corrected chi connectivity index (χ1v) is 5.45. The van der Waals surface area contributed by atoms with E-state index in [9.17, 15) is 10.2 Å². The Bertz CT molecular complexity index is 443. The van der Waals surface area contributed by atoms with E-state index in [1.54, 1.807) is 0 Å². The molecule has 0 saturated carbocycles. The molecule has 4 nitrogen and oxygen atoms in total. The molecule has 0 amide bonds. The molecule has 2 rings (SSSR count). The fourth-order valence-corrected chi connectivity index (χ4v) is 2.63. The summed E-state index contributed by atoms with van der Waals surface area (Å²) in [6.45, 7) is 0. The molecule has 2 N–H and O–H groups in total. The van der Waals surface area contributed by atoms with Gasteiger partial charge < -0.3 is 10.2 Å². The molecule has 0 radical (unpaired) electrons. The van der Waals surface area contributed by atoms with Crippen LogP contribution in [0, 0.1) is 0 Å². The van der Waals surface area contributed by atoms with Crippen molar-refractivity contribution in [3.05, 3.63) is 8.95 Å². The summed E-state index contributed by atoms with van der Waals surface area (Å²) in [6, 6.07) is 0. The van der Waals surface area contributed by atoms with Gasteiger partial charge in [0.25, 0.3) is 0 Å². The van der Waals surface area contributed by atoms with E-state index in [1.807, 2.05) is 0 Å². The molecule has 13 heavy (non-hydrogen) atoms. The number of hydrogen-bond acceptors (Lipinski definition) is 5. The van der Waals surface area contributed by atoms with Crippen molar-refractivity contribution >= 4 is 54.6 Å². The van der Waals surface area contributed by atoms with Crippen molar-refractivity contribution in [2.75, 3.05) is 0 Å². The smallest absolute Gasteiger partial charge is 0.175 e. The second-order valence-electron chi connectivity index (χ2n) is 2.29. The quantitative estimate of drug-likeness (QED) is 0.731. The summed E-state index contributed by atoms with van der Waals surface area (Å²) in [7, 11) is 0. The molecular formula is C6H2Br2N2O2S. The predicted molar refractivity (Wildman–Crippen MR) is 56.1 cm³/mol. The van der Waals surface area contributed by atoms with Gasteiger partial charge in [0.2, 0.25) is 0 Å². The number of phenolic OH excluding ortho intramolecular Hbond substituents is 2. The highest BCUT2D eigenvalue weighted by molar-refractivity contribution is 9.11. The first kappa shape index (κ1) is 9.17. The molecule has 7 heteroatoms. The van der Waals surface area contributed by atoms with Crippen molar-refractivity contribution < 1.29 is 10.2 Å². The number of phenols is 2. The van der Waals surface area contributed by atoms with Gasteiger partial charge in [0.15, 0.2) is 11.5 Å².